The van der Waals surface area contributed by atoms with Crippen molar-refractivity contribution in [3.63, 3.8) is 0 Å². The lowest BCUT2D eigenvalue weighted by Gasteiger charge is -2.13. The summed E-state index contributed by atoms with van der Waals surface area (Å²) < 4.78 is 0. The normalized spacial score (nSPS) is 10.7. The van der Waals surface area contributed by atoms with Crippen molar-refractivity contribution in [2.45, 2.75) is 65.2 Å². The van der Waals surface area contributed by atoms with Gasteiger partial charge >= 0.3 is 0 Å². The lowest BCUT2D eigenvalue weighted by Crippen LogP contribution is -2.01. The Bertz CT molecular complexity index is 720. The van der Waals surface area contributed by atoms with E-state index >= 15 is 0 Å². The molecule has 0 radical (unpaired) electrons. The van der Waals surface area contributed by atoms with E-state index in [0.29, 0.717) is 0 Å². The summed E-state index contributed by atoms with van der Waals surface area (Å²) in [5.41, 5.74) is 8.53. The highest BCUT2D eigenvalue weighted by Crippen LogP contribution is 2.20. The van der Waals surface area contributed by atoms with Crippen LogP contribution in [-0.4, -0.2) is 0 Å². The Morgan fingerprint density at radius 3 is 1.81 bits per heavy atom. The van der Waals surface area contributed by atoms with Crippen LogP contribution in [0.2, 0.25) is 0 Å². The summed E-state index contributed by atoms with van der Waals surface area (Å²) in [5, 5.41) is 0. The zero-order valence-corrected chi connectivity index (χ0v) is 16.7. The molecule has 0 bridgehead atoms. The van der Waals surface area contributed by atoms with E-state index in [1.807, 2.05) is 0 Å². The SMILES string of the molecule is C=C(C)CCCCC(=C)Cc1ccccc1CCc1ccccc1CC. The van der Waals surface area contributed by atoms with Gasteiger partial charge in [0.1, 0.15) is 0 Å². The van der Waals surface area contributed by atoms with Gasteiger partial charge in [0.05, 0.1) is 0 Å². The Hall–Kier alpha value is -2.08. The first-order valence-electron chi connectivity index (χ1n) is 10.0. The third kappa shape index (κ3) is 6.67. The van der Waals surface area contributed by atoms with Crippen molar-refractivity contribution in [1.29, 1.82) is 0 Å². The highest BCUT2D eigenvalue weighted by molar-refractivity contribution is 5.33. The van der Waals surface area contributed by atoms with Crippen molar-refractivity contribution in [2.24, 2.45) is 0 Å². The van der Waals surface area contributed by atoms with Gasteiger partial charge in [-0.1, -0.05) is 73.2 Å². The monoisotopic (exact) mass is 346 g/mol. The summed E-state index contributed by atoms with van der Waals surface area (Å²) in [7, 11) is 0. The minimum atomic E-state index is 1.01. The van der Waals surface area contributed by atoms with Crippen LogP contribution in [0.3, 0.4) is 0 Å². The van der Waals surface area contributed by atoms with Crippen LogP contribution in [0.1, 0.15) is 61.8 Å². The van der Waals surface area contributed by atoms with Gasteiger partial charge in [-0.3, -0.25) is 0 Å². The van der Waals surface area contributed by atoms with Crippen LogP contribution in [0.5, 0.6) is 0 Å². The molecule has 138 valence electrons. The van der Waals surface area contributed by atoms with Crippen LogP contribution in [0.25, 0.3) is 0 Å². The Morgan fingerprint density at radius 1 is 0.731 bits per heavy atom. The summed E-state index contributed by atoms with van der Waals surface area (Å²) >= 11 is 0. The smallest absolute Gasteiger partial charge is 0.00671 e. The molecule has 0 aliphatic heterocycles. The zero-order valence-electron chi connectivity index (χ0n) is 16.7. The highest BCUT2D eigenvalue weighted by atomic mass is 14.1. The first-order valence-corrected chi connectivity index (χ1v) is 10.0. The van der Waals surface area contributed by atoms with Gasteiger partial charge in [0.25, 0.3) is 0 Å². The van der Waals surface area contributed by atoms with E-state index in [-0.39, 0.29) is 0 Å². The minimum Gasteiger partial charge on any atom is -0.100 e. The predicted molar refractivity (Wildman–Crippen MR) is 116 cm³/mol. The van der Waals surface area contributed by atoms with Gasteiger partial charge in [-0.2, -0.15) is 0 Å². The third-order valence-corrected chi connectivity index (χ3v) is 5.11. The molecule has 26 heavy (non-hydrogen) atoms. The lowest BCUT2D eigenvalue weighted by atomic mass is 9.92. The maximum absolute atomic E-state index is 4.33. The molecule has 0 saturated carbocycles. The van der Waals surface area contributed by atoms with Gasteiger partial charge in [0.15, 0.2) is 0 Å². The Balaban J connectivity index is 1.92. The van der Waals surface area contributed by atoms with Crippen LogP contribution >= 0.6 is 0 Å². The van der Waals surface area contributed by atoms with Crippen molar-refractivity contribution >= 4 is 0 Å². The fraction of sp³-hybridized carbons (Fsp3) is 0.385. The molecule has 2 aromatic carbocycles. The van der Waals surface area contributed by atoms with Gasteiger partial charge in [-0.25, -0.2) is 0 Å². The number of aryl methyl sites for hydroxylation is 3. The van der Waals surface area contributed by atoms with Crippen molar-refractivity contribution < 1.29 is 0 Å². The third-order valence-electron chi connectivity index (χ3n) is 5.11. The molecule has 0 fully saturated rings. The van der Waals surface area contributed by atoms with Crippen molar-refractivity contribution in [3.8, 4) is 0 Å². The fourth-order valence-corrected chi connectivity index (χ4v) is 3.55. The molecule has 0 atom stereocenters. The van der Waals surface area contributed by atoms with Crippen LogP contribution < -0.4 is 0 Å². The van der Waals surface area contributed by atoms with E-state index in [1.54, 1.807) is 0 Å². The van der Waals surface area contributed by atoms with Crippen molar-refractivity contribution in [2.75, 3.05) is 0 Å². The largest absolute Gasteiger partial charge is 0.100 e. The summed E-state index contributed by atoms with van der Waals surface area (Å²) in [6.07, 6.45) is 9.06. The summed E-state index contributed by atoms with van der Waals surface area (Å²) in [5.74, 6) is 0. The molecular formula is C26H34. The van der Waals surface area contributed by atoms with Crippen LogP contribution in [-0.2, 0) is 25.7 Å². The van der Waals surface area contributed by atoms with Crippen LogP contribution in [0.4, 0.5) is 0 Å². The standard InChI is InChI=1S/C26H34/c1-5-23-14-8-9-15-24(23)18-19-25-16-10-11-17-26(25)20-22(4)13-7-6-12-21(2)3/h8-11,14-17H,2,4-7,12-13,18-20H2,1,3H3. The van der Waals surface area contributed by atoms with Gasteiger partial charge in [0, 0.05) is 0 Å². The molecular weight excluding hydrogens is 312 g/mol. The molecule has 0 N–H and O–H groups in total. The molecule has 2 aromatic rings. The summed E-state index contributed by atoms with van der Waals surface area (Å²) in [6.45, 7) is 12.7. The molecule has 0 nitrogen and oxygen atoms in total. The van der Waals surface area contributed by atoms with Crippen LogP contribution in [0, 0.1) is 0 Å². The zero-order chi connectivity index (χ0) is 18.8. The molecule has 0 aliphatic carbocycles. The fourth-order valence-electron chi connectivity index (χ4n) is 3.55. The summed E-state index contributed by atoms with van der Waals surface area (Å²) in [6, 6.07) is 17.7. The first-order chi connectivity index (χ1) is 12.6. The average molecular weight is 347 g/mol. The minimum absolute atomic E-state index is 1.01. The topological polar surface area (TPSA) is 0 Å². The van der Waals surface area contributed by atoms with Gasteiger partial charge in [0.2, 0.25) is 0 Å². The molecule has 0 saturated heterocycles. The molecule has 0 aliphatic rings. The molecule has 0 heteroatoms. The number of benzene rings is 2. The lowest BCUT2D eigenvalue weighted by molar-refractivity contribution is 0.717. The van der Waals surface area contributed by atoms with E-state index in [9.17, 15) is 0 Å². The second kappa shape index (κ2) is 10.8. The molecule has 0 amide bonds. The maximum Gasteiger partial charge on any atom is -0.00671 e. The van der Waals surface area contributed by atoms with E-state index in [0.717, 1.165) is 38.5 Å². The van der Waals surface area contributed by atoms with Gasteiger partial charge in [-0.05, 0) is 80.5 Å². The molecule has 2 rings (SSSR count). The number of hydrogen-bond donors (Lipinski definition) is 0. The second-order valence-corrected chi connectivity index (χ2v) is 7.48. The van der Waals surface area contributed by atoms with Crippen molar-refractivity contribution in [3.05, 3.63) is 95.1 Å². The Kier molecular flexibility index (Phi) is 8.41. The highest BCUT2D eigenvalue weighted by Gasteiger charge is 2.06. The number of rotatable bonds is 11. The van der Waals surface area contributed by atoms with E-state index in [4.69, 9.17) is 0 Å². The maximum atomic E-state index is 4.33. The van der Waals surface area contributed by atoms with Gasteiger partial charge < -0.3 is 0 Å². The number of hydrogen-bond acceptors (Lipinski definition) is 0. The van der Waals surface area contributed by atoms with E-state index < -0.39 is 0 Å². The van der Waals surface area contributed by atoms with Crippen LogP contribution in [0.15, 0.2) is 72.8 Å². The molecule has 0 heterocycles. The average Bonchev–Trinajstić information content (AvgIpc) is 2.64. The first kappa shape index (κ1) is 20.2. The van der Waals surface area contributed by atoms with E-state index in [2.05, 4.69) is 75.5 Å². The molecule has 0 aromatic heterocycles. The predicted octanol–water partition coefficient (Wildman–Crippen LogP) is 7.27. The Labute approximate surface area is 160 Å². The molecule has 0 spiro atoms. The van der Waals surface area contributed by atoms with E-state index in [1.165, 1.54) is 46.2 Å². The quantitative estimate of drug-likeness (QED) is 0.296. The van der Waals surface area contributed by atoms with Gasteiger partial charge in [-0.15, -0.1) is 6.58 Å². The van der Waals surface area contributed by atoms with Crippen molar-refractivity contribution in [1.82, 2.24) is 0 Å². The number of unbranched alkanes of at least 4 members (excludes halogenated alkanes) is 1. The Morgan fingerprint density at radius 2 is 1.23 bits per heavy atom. The number of allylic oxidation sites excluding steroid dienone is 2. The second-order valence-electron chi connectivity index (χ2n) is 7.48. The summed E-state index contributed by atoms with van der Waals surface area (Å²) in [4.78, 5) is 0. The molecule has 0 unspecified atom stereocenters.